The Kier molecular flexibility index (Phi) is 4.17. The first-order valence-corrected chi connectivity index (χ1v) is 6.67. The van der Waals surface area contributed by atoms with Crippen molar-refractivity contribution in [3.8, 4) is 0 Å². The van der Waals surface area contributed by atoms with Gasteiger partial charge in [0.1, 0.15) is 4.47 Å². The Balaban J connectivity index is 1.99. The molecule has 0 saturated carbocycles. The molecule has 0 radical (unpaired) electrons. The summed E-state index contributed by atoms with van der Waals surface area (Å²) in [4.78, 5) is 11.6. The molecule has 1 aromatic rings. The Labute approximate surface area is 109 Å². The summed E-state index contributed by atoms with van der Waals surface area (Å²) in [5.74, 6) is 0. The maximum absolute atomic E-state index is 11.6. The fraction of sp³-hybridized carbons (Fsp3) is 0.636. The van der Waals surface area contributed by atoms with Crippen LogP contribution in [0.2, 0.25) is 0 Å². The molecule has 1 atom stereocenters. The molecule has 17 heavy (non-hydrogen) atoms. The van der Waals surface area contributed by atoms with Crippen LogP contribution in [0.25, 0.3) is 0 Å². The van der Waals surface area contributed by atoms with Gasteiger partial charge in [0, 0.05) is 19.6 Å². The van der Waals surface area contributed by atoms with Crippen molar-refractivity contribution < 1.29 is 0 Å². The SMILES string of the molecule is Cn1ncc(NC[C@H]2CCCCN2)c(Br)c1=O. The van der Waals surface area contributed by atoms with Crippen molar-refractivity contribution in [3.05, 3.63) is 21.0 Å². The zero-order chi connectivity index (χ0) is 12.3. The highest BCUT2D eigenvalue weighted by atomic mass is 79.9. The van der Waals surface area contributed by atoms with Crippen LogP contribution < -0.4 is 16.2 Å². The van der Waals surface area contributed by atoms with E-state index in [2.05, 4.69) is 31.7 Å². The Morgan fingerprint density at radius 1 is 1.65 bits per heavy atom. The first-order valence-electron chi connectivity index (χ1n) is 5.87. The smallest absolute Gasteiger partial charge is 0.282 e. The van der Waals surface area contributed by atoms with E-state index in [1.807, 2.05) is 0 Å². The number of aryl methyl sites for hydroxylation is 1. The van der Waals surface area contributed by atoms with E-state index >= 15 is 0 Å². The van der Waals surface area contributed by atoms with Gasteiger partial charge in [0.2, 0.25) is 0 Å². The van der Waals surface area contributed by atoms with E-state index in [9.17, 15) is 4.79 Å². The number of nitrogens with zero attached hydrogens (tertiary/aromatic N) is 2. The van der Waals surface area contributed by atoms with E-state index in [1.54, 1.807) is 13.2 Å². The molecule has 2 N–H and O–H groups in total. The van der Waals surface area contributed by atoms with E-state index in [1.165, 1.54) is 23.9 Å². The largest absolute Gasteiger partial charge is 0.381 e. The standard InChI is InChI=1S/C11H17BrN4O/c1-16-11(17)10(12)9(7-15-16)14-6-8-4-2-3-5-13-8/h7-8,13-14H,2-6H2,1H3/t8-/m1/s1. The number of aromatic nitrogens is 2. The minimum atomic E-state index is -0.119. The van der Waals surface area contributed by atoms with Gasteiger partial charge in [0.15, 0.2) is 0 Å². The highest BCUT2D eigenvalue weighted by Gasteiger charge is 2.13. The van der Waals surface area contributed by atoms with E-state index in [-0.39, 0.29) is 5.56 Å². The molecule has 6 heteroatoms. The molecule has 0 amide bonds. The van der Waals surface area contributed by atoms with E-state index in [0.29, 0.717) is 10.5 Å². The Morgan fingerprint density at radius 3 is 3.18 bits per heavy atom. The van der Waals surface area contributed by atoms with Crippen molar-refractivity contribution in [2.24, 2.45) is 7.05 Å². The second-order valence-corrected chi connectivity index (χ2v) is 5.12. The quantitative estimate of drug-likeness (QED) is 0.878. The summed E-state index contributed by atoms with van der Waals surface area (Å²) in [5, 5.41) is 10.7. The molecular formula is C11H17BrN4O. The Hall–Kier alpha value is -0.880. The monoisotopic (exact) mass is 300 g/mol. The number of hydrogen-bond acceptors (Lipinski definition) is 4. The van der Waals surface area contributed by atoms with Crippen molar-refractivity contribution >= 4 is 21.6 Å². The van der Waals surface area contributed by atoms with Crippen molar-refractivity contribution in [2.45, 2.75) is 25.3 Å². The lowest BCUT2D eigenvalue weighted by atomic mass is 10.1. The lowest BCUT2D eigenvalue weighted by molar-refractivity contribution is 0.414. The van der Waals surface area contributed by atoms with Gasteiger partial charge in [-0.3, -0.25) is 4.79 Å². The van der Waals surface area contributed by atoms with Gasteiger partial charge in [0.25, 0.3) is 5.56 Å². The third kappa shape index (κ3) is 3.07. The molecule has 1 aliphatic heterocycles. The van der Waals surface area contributed by atoms with Gasteiger partial charge in [-0.15, -0.1) is 0 Å². The highest BCUT2D eigenvalue weighted by Crippen LogP contribution is 2.16. The van der Waals surface area contributed by atoms with E-state index in [4.69, 9.17) is 0 Å². The van der Waals surface area contributed by atoms with Crippen LogP contribution in [0, 0.1) is 0 Å². The van der Waals surface area contributed by atoms with Crippen molar-refractivity contribution in [2.75, 3.05) is 18.4 Å². The average Bonchev–Trinajstić information content (AvgIpc) is 2.36. The lowest BCUT2D eigenvalue weighted by Crippen LogP contribution is -2.39. The van der Waals surface area contributed by atoms with Crippen LogP contribution >= 0.6 is 15.9 Å². The molecule has 0 bridgehead atoms. The molecular weight excluding hydrogens is 284 g/mol. The van der Waals surface area contributed by atoms with Gasteiger partial charge in [-0.05, 0) is 35.3 Å². The van der Waals surface area contributed by atoms with Crippen molar-refractivity contribution in [1.82, 2.24) is 15.1 Å². The molecule has 1 fully saturated rings. The molecule has 1 aromatic heterocycles. The molecule has 1 aliphatic rings. The number of hydrogen-bond donors (Lipinski definition) is 2. The second-order valence-electron chi connectivity index (χ2n) is 4.33. The van der Waals surface area contributed by atoms with Gasteiger partial charge in [-0.2, -0.15) is 5.10 Å². The van der Waals surface area contributed by atoms with E-state index < -0.39 is 0 Å². The van der Waals surface area contributed by atoms with Crippen molar-refractivity contribution in [3.63, 3.8) is 0 Å². The molecule has 0 unspecified atom stereocenters. The van der Waals surface area contributed by atoms with Crippen LogP contribution in [0.3, 0.4) is 0 Å². The molecule has 2 rings (SSSR count). The summed E-state index contributed by atoms with van der Waals surface area (Å²) in [5.41, 5.74) is 0.645. The summed E-state index contributed by atoms with van der Waals surface area (Å²) in [7, 11) is 1.64. The summed E-state index contributed by atoms with van der Waals surface area (Å²) >= 11 is 3.30. The number of nitrogens with one attached hydrogen (secondary N) is 2. The van der Waals surface area contributed by atoms with Crippen LogP contribution in [-0.4, -0.2) is 28.9 Å². The molecule has 0 aromatic carbocycles. The fourth-order valence-electron chi connectivity index (χ4n) is 1.97. The van der Waals surface area contributed by atoms with Crippen LogP contribution in [0.1, 0.15) is 19.3 Å². The minimum Gasteiger partial charge on any atom is -0.381 e. The maximum Gasteiger partial charge on any atom is 0.282 e. The summed E-state index contributed by atoms with van der Waals surface area (Å²) < 4.78 is 1.86. The van der Waals surface area contributed by atoms with Crippen LogP contribution in [0.5, 0.6) is 0 Å². The van der Waals surface area contributed by atoms with Crippen LogP contribution in [0.15, 0.2) is 15.5 Å². The second kappa shape index (κ2) is 5.64. The van der Waals surface area contributed by atoms with Crippen molar-refractivity contribution in [1.29, 1.82) is 0 Å². The summed E-state index contributed by atoms with van der Waals surface area (Å²) in [6, 6.07) is 0.486. The maximum atomic E-state index is 11.6. The molecule has 0 spiro atoms. The van der Waals surface area contributed by atoms with Gasteiger partial charge in [-0.1, -0.05) is 6.42 Å². The topological polar surface area (TPSA) is 59.0 Å². The lowest BCUT2D eigenvalue weighted by Gasteiger charge is -2.24. The van der Waals surface area contributed by atoms with Crippen LogP contribution in [0.4, 0.5) is 5.69 Å². The predicted octanol–water partition coefficient (Wildman–Crippen LogP) is 1.10. The van der Waals surface area contributed by atoms with Gasteiger partial charge >= 0.3 is 0 Å². The number of rotatable bonds is 3. The zero-order valence-electron chi connectivity index (χ0n) is 9.87. The van der Waals surface area contributed by atoms with Gasteiger partial charge in [0.05, 0.1) is 11.9 Å². The molecule has 5 nitrogen and oxygen atoms in total. The highest BCUT2D eigenvalue weighted by molar-refractivity contribution is 9.10. The third-order valence-electron chi connectivity index (χ3n) is 3.03. The molecule has 1 saturated heterocycles. The van der Waals surface area contributed by atoms with Gasteiger partial charge in [-0.25, -0.2) is 4.68 Å². The molecule has 0 aliphatic carbocycles. The normalized spacial score (nSPS) is 20.2. The Morgan fingerprint density at radius 2 is 2.47 bits per heavy atom. The first-order chi connectivity index (χ1) is 8.18. The van der Waals surface area contributed by atoms with Crippen LogP contribution in [-0.2, 0) is 7.05 Å². The zero-order valence-corrected chi connectivity index (χ0v) is 11.5. The number of halogens is 1. The third-order valence-corrected chi connectivity index (χ3v) is 3.80. The van der Waals surface area contributed by atoms with E-state index in [0.717, 1.165) is 18.8 Å². The predicted molar refractivity (Wildman–Crippen MR) is 71.3 cm³/mol. The summed E-state index contributed by atoms with van der Waals surface area (Å²) in [6.07, 6.45) is 5.39. The summed E-state index contributed by atoms with van der Waals surface area (Å²) in [6.45, 7) is 1.91. The molecule has 94 valence electrons. The van der Waals surface area contributed by atoms with Gasteiger partial charge < -0.3 is 10.6 Å². The molecule has 2 heterocycles. The number of anilines is 1. The fourth-order valence-corrected chi connectivity index (χ4v) is 2.46. The minimum absolute atomic E-state index is 0.119. The Bertz CT molecular complexity index is 440. The number of piperidine rings is 1. The first kappa shape index (κ1) is 12.6. The average molecular weight is 301 g/mol.